The van der Waals surface area contributed by atoms with Crippen LogP contribution in [0.1, 0.15) is 29.8 Å². The van der Waals surface area contributed by atoms with Crippen molar-refractivity contribution in [3.8, 4) is 28.4 Å². The molecule has 2 aromatic carbocycles. The zero-order chi connectivity index (χ0) is 21.2. The maximum absolute atomic E-state index is 12.0. The first-order chi connectivity index (χ1) is 13.8. The fourth-order valence-corrected chi connectivity index (χ4v) is 3.16. The summed E-state index contributed by atoms with van der Waals surface area (Å²) in [7, 11) is 4.41. The first kappa shape index (κ1) is 20.5. The van der Waals surface area contributed by atoms with Crippen LogP contribution in [0.4, 0.5) is 0 Å². The molecule has 0 aromatic heterocycles. The third-order valence-electron chi connectivity index (χ3n) is 4.81. The molecule has 0 atom stereocenters. The molecule has 0 N–H and O–H groups in total. The first-order valence-electron chi connectivity index (χ1n) is 9.09. The predicted molar refractivity (Wildman–Crippen MR) is 105 cm³/mol. The lowest BCUT2D eigenvalue weighted by Crippen LogP contribution is -2.32. The summed E-state index contributed by atoms with van der Waals surface area (Å²) in [6.07, 6.45) is 0. The number of cyclic esters (lactones) is 1. The Bertz CT molecular complexity index is 946. The van der Waals surface area contributed by atoms with Crippen LogP contribution in [-0.2, 0) is 20.9 Å². The molecule has 0 saturated carbocycles. The molecule has 1 heterocycles. The van der Waals surface area contributed by atoms with E-state index in [0.717, 1.165) is 16.7 Å². The van der Waals surface area contributed by atoms with Crippen LogP contribution in [0.5, 0.6) is 17.2 Å². The summed E-state index contributed by atoms with van der Waals surface area (Å²) in [5, 5.41) is 0. The second-order valence-electron chi connectivity index (χ2n) is 7.29. The molecule has 1 aliphatic heterocycles. The highest BCUT2D eigenvalue weighted by Crippen LogP contribution is 2.45. The van der Waals surface area contributed by atoms with E-state index in [1.54, 1.807) is 26.0 Å². The monoisotopic (exact) mass is 400 g/mol. The van der Waals surface area contributed by atoms with E-state index in [1.807, 2.05) is 18.2 Å². The first-order valence-corrected chi connectivity index (χ1v) is 9.09. The molecule has 0 fully saturated rings. The number of benzene rings is 2. The highest BCUT2D eigenvalue weighted by atomic mass is 16.5. The molecule has 0 saturated heterocycles. The van der Waals surface area contributed by atoms with Gasteiger partial charge in [0.25, 0.3) is 0 Å². The van der Waals surface area contributed by atoms with E-state index in [0.29, 0.717) is 22.8 Å². The number of carbonyl (C=O) groups excluding carboxylic acids is 2. The smallest absolute Gasteiger partial charge is 0.338 e. The van der Waals surface area contributed by atoms with Gasteiger partial charge in [-0.1, -0.05) is 6.07 Å². The van der Waals surface area contributed by atoms with Crippen molar-refractivity contribution in [3.63, 3.8) is 0 Å². The molecule has 0 bridgehead atoms. The number of ether oxygens (including phenoxy) is 5. The molecule has 154 valence electrons. The summed E-state index contributed by atoms with van der Waals surface area (Å²) < 4.78 is 27.0. The Morgan fingerprint density at radius 3 is 2.41 bits per heavy atom. The normalized spacial score (nSPS) is 12.8. The third kappa shape index (κ3) is 3.85. The second kappa shape index (κ2) is 8.03. The summed E-state index contributed by atoms with van der Waals surface area (Å²) in [6, 6.07) is 9.08. The summed E-state index contributed by atoms with van der Waals surface area (Å²) in [4.78, 5) is 23.8. The standard InChI is InChI=1S/C22H24O7/c1-22(2,21(24)27-5)12-29-18-15(8-9-17(25-3)19(18)26-4)13-6-7-16-14(10-13)11-28-20(16)23/h6-10H,11-12H2,1-5H3. The fraction of sp³-hybridized carbons (Fsp3) is 0.364. The topological polar surface area (TPSA) is 80.3 Å². The van der Waals surface area contributed by atoms with Crippen molar-refractivity contribution in [2.45, 2.75) is 20.5 Å². The molecule has 7 nitrogen and oxygen atoms in total. The number of hydrogen-bond donors (Lipinski definition) is 0. The number of rotatable bonds is 7. The summed E-state index contributed by atoms with van der Waals surface area (Å²) >= 11 is 0. The molecule has 0 aliphatic carbocycles. The molecule has 3 rings (SSSR count). The number of hydrogen-bond acceptors (Lipinski definition) is 7. The Labute approximate surface area is 169 Å². The SMILES string of the molecule is COC(=O)C(C)(C)COc1c(-c2ccc3c(c2)COC3=O)ccc(OC)c1OC. The largest absolute Gasteiger partial charge is 0.493 e. The van der Waals surface area contributed by atoms with Gasteiger partial charge in [0.2, 0.25) is 5.75 Å². The molecule has 29 heavy (non-hydrogen) atoms. The predicted octanol–water partition coefficient (Wildman–Crippen LogP) is 3.62. The highest BCUT2D eigenvalue weighted by Gasteiger charge is 2.31. The molecule has 7 heteroatoms. The lowest BCUT2D eigenvalue weighted by molar-refractivity contribution is -0.152. The number of fused-ring (bicyclic) bond motifs is 1. The Morgan fingerprint density at radius 2 is 1.76 bits per heavy atom. The van der Waals surface area contributed by atoms with Crippen molar-refractivity contribution in [2.75, 3.05) is 27.9 Å². The van der Waals surface area contributed by atoms with Gasteiger partial charge in [0, 0.05) is 11.1 Å². The van der Waals surface area contributed by atoms with Crippen molar-refractivity contribution in [1.82, 2.24) is 0 Å². The minimum absolute atomic E-state index is 0.0722. The van der Waals surface area contributed by atoms with Crippen LogP contribution in [0.2, 0.25) is 0 Å². The molecule has 0 unspecified atom stereocenters. The molecule has 0 spiro atoms. The maximum Gasteiger partial charge on any atom is 0.338 e. The minimum Gasteiger partial charge on any atom is -0.493 e. The highest BCUT2D eigenvalue weighted by molar-refractivity contribution is 5.94. The van der Waals surface area contributed by atoms with Crippen LogP contribution in [0.3, 0.4) is 0 Å². The van der Waals surface area contributed by atoms with Gasteiger partial charge in [0.05, 0.1) is 32.3 Å². The Kier molecular flexibility index (Phi) is 5.68. The van der Waals surface area contributed by atoms with Crippen LogP contribution in [0, 0.1) is 5.41 Å². The Morgan fingerprint density at radius 1 is 1.03 bits per heavy atom. The van der Waals surface area contributed by atoms with Gasteiger partial charge in [-0.3, -0.25) is 4.79 Å². The average molecular weight is 400 g/mol. The molecule has 0 radical (unpaired) electrons. The van der Waals surface area contributed by atoms with Crippen LogP contribution >= 0.6 is 0 Å². The van der Waals surface area contributed by atoms with Crippen molar-refractivity contribution in [2.24, 2.45) is 5.41 Å². The van der Waals surface area contributed by atoms with Crippen molar-refractivity contribution >= 4 is 11.9 Å². The molecule has 1 aliphatic rings. The van der Waals surface area contributed by atoms with Gasteiger partial charge >= 0.3 is 11.9 Å². The maximum atomic E-state index is 12.0. The summed E-state index contributed by atoms with van der Waals surface area (Å²) in [5.41, 5.74) is 2.07. The quantitative estimate of drug-likeness (QED) is 0.657. The van der Waals surface area contributed by atoms with E-state index < -0.39 is 5.41 Å². The summed E-state index contributed by atoms with van der Waals surface area (Å²) in [6.45, 7) is 3.79. The average Bonchev–Trinajstić information content (AvgIpc) is 3.10. The second-order valence-corrected chi connectivity index (χ2v) is 7.29. The van der Waals surface area contributed by atoms with Crippen molar-refractivity contribution in [1.29, 1.82) is 0 Å². The lowest BCUT2D eigenvalue weighted by Gasteiger charge is -2.24. The number of carbonyl (C=O) groups is 2. The van der Waals surface area contributed by atoms with E-state index in [1.165, 1.54) is 21.3 Å². The van der Waals surface area contributed by atoms with Gasteiger partial charge < -0.3 is 23.7 Å². The van der Waals surface area contributed by atoms with E-state index in [-0.39, 0.29) is 25.2 Å². The van der Waals surface area contributed by atoms with Gasteiger partial charge in [-0.25, -0.2) is 4.79 Å². The van der Waals surface area contributed by atoms with Gasteiger partial charge in [0.1, 0.15) is 13.2 Å². The fourth-order valence-electron chi connectivity index (χ4n) is 3.16. The lowest BCUT2D eigenvalue weighted by atomic mass is 9.95. The molecule has 2 aromatic rings. The van der Waals surface area contributed by atoms with Crippen LogP contribution in [0.15, 0.2) is 30.3 Å². The van der Waals surface area contributed by atoms with Gasteiger partial charge in [-0.05, 0) is 43.7 Å². The van der Waals surface area contributed by atoms with E-state index in [4.69, 9.17) is 23.7 Å². The van der Waals surface area contributed by atoms with Crippen molar-refractivity contribution in [3.05, 3.63) is 41.5 Å². The molecular formula is C22H24O7. The minimum atomic E-state index is -0.863. The van der Waals surface area contributed by atoms with Gasteiger partial charge in [-0.2, -0.15) is 0 Å². The number of methoxy groups -OCH3 is 3. The molecular weight excluding hydrogens is 376 g/mol. The summed E-state index contributed by atoms with van der Waals surface area (Å²) in [5.74, 6) is 0.651. The zero-order valence-electron chi connectivity index (χ0n) is 17.2. The molecule has 0 amide bonds. The van der Waals surface area contributed by atoms with Gasteiger partial charge in [0.15, 0.2) is 11.5 Å². The van der Waals surface area contributed by atoms with Crippen LogP contribution < -0.4 is 14.2 Å². The van der Waals surface area contributed by atoms with Gasteiger partial charge in [-0.15, -0.1) is 0 Å². The zero-order valence-corrected chi connectivity index (χ0v) is 17.2. The third-order valence-corrected chi connectivity index (χ3v) is 4.81. The van der Waals surface area contributed by atoms with E-state index in [9.17, 15) is 9.59 Å². The van der Waals surface area contributed by atoms with Crippen LogP contribution in [0.25, 0.3) is 11.1 Å². The van der Waals surface area contributed by atoms with Crippen LogP contribution in [-0.4, -0.2) is 39.9 Å². The Balaban J connectivity index is 2.06. The Hall–Kier alpha value is -3.22. The number of esters is 2. The van der Waals surface area contributed by atoms with Crippen molar-refractivity contribution < 1.29 is 33.3 Å². The van der Waals surface area contributed by atoms with E-state index in [2.05, 4.69) is 0 Å². The van der Waals surface area contributed by atoms with E-state index >= 15 is 0 Å².